The second-order valence-corrected chi connectivity index (χ2v) is 6.42. The highest BCUT2D eigenvalue weighted by Gasteiger charge is 2.36. The third-order valence-corrected chi connectivity index (χ3v) is 5.26. The van der Waals surface area contributed by atoms with Crippen LogP contribution in [0.15, 0.2) is 0 Å². The number of hydrogen-bond acceptors (Lipinski definition) is 3. The average molecular weight is 191 g/mol. The first-order valence-electron chi connectivity index (χ1n) is 4.73. The topological polar surface area (TPSA) is 66.5 Å². The van der Waals surface area contributed by atoms with Crippen LogP contribution in [-0.2, 0) is 0 Å². The van der Waals surface area contributed by atoms with Crippen LogP contribution in [0.4, 0.5) is 0 Å². The number of nitrogens with two attached hydrogens (primary N) is 1. The summed E-state index contributed by atoms with van der Waals surface area (Å²) in [4.78, 5) is 19.4. The zero-order valence-corrected chi connectivity index (χ0v) is 9.08. The largest absolute Gasteiger partial charge is 0.410 e. The summed E-state index contributed by atoms with van der Waals surface area (Å²) in [5, 5.41) is 0. The monoisotopic (exact) mass is 191 g/mol. The Balaban J connectivity index is 4.05. The summed E-state index contributed by atoms with van der Waals surface area (Å²) in [6, 6.07) is 0.550. The van der Waals surface area contributed by atoms with Gasteiger partial charge in [-0.1, -0.05) is 26.7 Å². The smallest absolute Gasteiger partial charge is 0.337 e. The Bertz CT molecular complexity index is 120. The summed E-state index contributed by atoms with van der Waals surface area (Å²) in [6.45, 7) is 4.42. The quantitative estimate of drug-likeness (QED) is 0.548. The van der Waals surface area contributed by atoms with Crippen molar-refractivity contribution in [3.63, 3.8) is 0 Å². The van der Waals surface area contributed by atoms with Crippen molar-refractivity contribution in [1.82, 2.24) is 0 Å². The lowest BCUT2D eigenvalue weighted by Crippen LogP contribution is -2.43. The Kier molecular flexibility index (Phi) is 5.74. The highest BCUT2D eigenvalue weighted by atomic mass is 28.4. The van der Waals surface area contributed by atoms with Crippen LogP contribution in [0.1, 0.15) is 33.1 Å². The van der Waals surface area contributed by atoms with Crippen LogP contribution >= 0.6 is 0 Å². The predicted molar refractivity (Wildman–Crippen MR) is 53.0 cm³/mol. The van der Waals surface area contributed by atoms with Gasteiger partial charge in [0.2, 0.25) is 0 Å². The van der Waals surface area contributed by atoms with E-state index >= 15 is 0 Å². The summed E-state index contributed by atoms with van der Waals surface area (Å²) >= 11 is 0. The van der Waals surface area contributed by atoms with Gasteiger partial charge in [0.05, 0.1) is 0 Å². The average Bonchev–Trinajstić information content (AvgIpc) is 1.99. The molecule has 0 aliphatic heterocycles. The molecule has 0 aliphatic carbocycles. The minimum atomic E-state index is -2.98. The van der Waals surface area contributed by atoms with Crippen molar-refractivity contribution in [2.75, 3.05) is 6.54 Å². The fourth-order valence-electron chi connectivity index (χ4n) is 1.46. The maximum atomic E-state index is 9.72. The molecule has 0 aromatic rings. The Hall–Kier alpha value is 0.0969. The fourth-order valence-corrected chi connectivity index (χ4v) is 3.73. The van der Waals surface area contributed by atoms with E-state index < -0.39 is 8.56 Å². The van der Waals surface area contributed by atoms with Crippen LogP contribution in [0.3, 0.4) is 0 Å². The van der Waals surface area contributed by atoms with Crippen molar-refractivity contribution < 1.29 is 9.59 Å². The molecule has 0 rings (SSSR count). The molecule has 0 radical (unpaired) electrons. The van der Waals surface area contributed by atoms with Gasteiger partial charge in [0, 0.05) is 5.54 Å². The van der Waals surface area contributed by atoms with Gasteiger partial charge in [-0.05, 0) is 19.0 Å². The molecule has 0 aromatic heterocycles. The van der Waals surface area contributed by atoms with Crippen molar-refractivity contribution in [2.45, 2.75) is 44.7 Å². The molecule has 3 nitrogen and oxygen atoms in total. The Labute approximate surface area is 75.8 Å². The molecule has 1 atom stereocenters. The summed E-state index contributed by atoms with van der Waals surface area (Å²) < 4.78 is 0. The molecule has 74 valence electrons. The first-order chi connectivity index (χ1) is 5.58. The van der Waals surface area contributed by atoms with Gasteiger partial charge in [-0.25, -0.2) is 0 Å². The summed E-state index contributed by atoms with van der Waals surface area (Å²) in [5.74, 6) is 0. The third kappa shape index (κ3) is 3.67. The van der Waals surface area contributed by atoms with Crippen molar-refractivity contribution in [1.29, 1.82) is 0 Å². The van der Waals surface area contributed by atoms with Crippen LogP contribution in [0, 0.1) is 0 Å². The molecule has 0 saturated carbocycles. The molecule has 4 N–H and O–H groups in total. The van der Waals surface area contributed by atoms with E-state index in [1.807, 2.05) is 13.8 Å². The highest BCUT2D eigenvalue weighted by molar-refractivity contribution is 6.66. The van der Waals surface area contributed by atoms with Gasteiger partial charge in [0.15, 0.2) is 0 Å². The van der Waals surface area contributed by atoms with Gasteiger partial charge in [-0.2, -0.15) is 0 Å². The fraction of sp³-hybridized carbons (Fsp3) is 1.00. The predicted octanol–water partition coefficient (Wildman–Crippen LogP) is 0.952. The molecule has 4 heteroatoms. The Morgan fingerprint density at radius 3 is 2.17 bits per heavy atom. The van der Waals surface area contributed by atoms with Crippen molar-refractivity contribution in [2.24, 2.45) is 5.73 Å². The summed E-state index contributed by atoms with van der Waals surface area (Å²) in [5.41, 5.74) is 5.45. The van der Waals surface area contributed by atoms with Crippen LogP contribution < -0.4 is 5.73 Å². The van der Waals surface area contributed by atoms with E-state index in [0.717, 1.165) is 19.3 Å². The SMILES string of the molecule is CCCC(CN)[Si](O)(O)CCC. The van der Waals surface area contributed by atoms with E-state index in [0.29, 0.717) is 12.6 Å². The maximum absolute atomic E-state index is 9.72. The van der Waals surface area contributed by atoms with Gasteiger partial charge >= 0.3 is 8.56 Å². The van der Waals surface area contributed by atoms with Crippen molar-refractivity contribution in [3.8, 4) is 0 Å². The van der Waals surface area contributed by atoms with E-state index in [1.54, 1.807) is 0 Å². The zero-order valence-electron chi connectivity index (χ0n) is 8.08. The molecule has 0 amide bonds. The van der Waals surface area contributed by atoms with Gasteiger partial charge in [-0.3, -0.25) is 0 Å². The molecule has 1 unspecified atom stereocenters. The maximum Gasteiger partial charge on any atom is 0.337 e. The number of hydrogen-bond donors (Lipinski definition) is 3. The van der Waals surface area contributed by atoms with Crippen molar-refractivity contribution >= 4 is 8.56 Å². The molecule has 0 fully saturated rings. The number of rotatable bonds is 6. The first-order valence-corrected chi connectivity index (χ1v) is 6.91. The Morgan fingerprint density at radius 1 is 1.25 bits per heavy atom. The van der Waals surface area contributed by atoms with Gasteiger partial charge < -0.3 is 15.3 Å². The molecule has 0 aromatic carbocycles. The van der Waals surface area contributed by atoms with Gasteiger partial charge in [0.1, 0.15) is 0 Å². The van der Waals surface area contributed by atoms with E-state index in [2.05, 4.69) is 0 Å². The van der Waals surface area contributed by atoms with Crippen LogP contribution in [0.5, 0.6) is 0 Å². The summed E-state index contributed by atoms with van der Waals surface area (Å²) in [6.07, 6.45) is 2.65. The zero-order chi connectivity index (χ0) is 9.61. The lowest BCUT2D eigenvalue weighted by Gasteiger charge is -2.26. The Morgan fingerprint density at radius 2 is 1.83 bits per heavy atom. The van der Waals surface area contributed by atoms with E-state index in [4.69, 9.17) is 5.73 Å². The second-order valence-electron chi connectivity index (χ2n) is 3.35. The van der Waals surface area contributed by atoms with Crippen LogP contribution in [0.25, 0.3) is 0 Å². The normalized spacial score (nSPS) is 14.8. The standard InChI is InChI=1S/C8H21NO2Si/c1-3-5-8(7-9)12(10,11)6-4-2/h8,10-11H,3-7,9H2,1-2H3. The van der Waals surface area contributed by atoms with Crippen LogP contribution in [-0.4, -0.2) is 24.7 Å². The molecule has 12 heavy (non-hydrogen) atoms. The summed E-state index contributed by atoms with van der Waals surface area (Å²) in [7, 11) is -2.98. The molecule has 0 spiro atoms. The molecular formula is C8H21NO2Si. The molecule has 0 heterocycles. The minimum Gasteiger partial charge on any atom is -0.410 e. The first kappa shape index (κ1) is 12.1. The van der Waals surface area contributed by atoms with E-state index in [1.165, 1.54) is 0 Å². The lowest BCUT2D eigenvalue weighted by atomic mass is 10.2. The van der Waals surface area contributed by atoms with Crippen molar-refractivity contribution in [3.05, 3.63) is 0 Å². The van der Waals surface area contributed by atoms with Crippen LogP contribution in [0.2, 0.25) is 11.6 Å². The lowest BCUT2D eigenvalue weighted by molar-refractivity contribution is 0.330. The molecular weight excluding hydrogens is 170 g/mol. The van der Waals surface area contributed by atoms with E-state index in [-0.39, 0.29) is 5.54 Å². The highest BCUT2D eigenvalue weighted by Crippen LogP contribution is 2.25. The molecule has 0 saturated heterocycles. The van der Waals surface area contributed by atoms with Gasteiger partial charge in [-0.15, -0.1) is 0 Å². The second kappa shape index (κ2) is 5.69. The van der Waals surface area contributed by atoms with Gasteiger partial charge in [0.25, 0.3) is 0 Å². The van der Waals surface area contributed by atoms with E-state index in [9.17, 15) is 9.59 Å². The molecule has 0 aliphatic rings. The third-order valence-electron chi connectivity index (χ3n) is 2.19. The minimum absolute atomic E-state index is 0.0394. The molecule has 0 bridgehead atoms.